The largest absolute Gasteiger partial charge is 0.480 e. The topological polar surface area (TPSA) is 85.4 Å². The molecule has 2 rings (SSSR count). The molecule has 7 nitrogen and oxygen atoms in total. The van der Waals surface area contributed by atoms with Crippen LogP contribution in [-0.2, 0) is 11.3 Å². The van der Waals surface area contributed by atoms with Crippen LogP contribution in [-0.4, -0.2) is 49.7 Å². The second-order valence-electron chi connectivity index (χ2n) is 5.32. The van der Waals surface area contributed by atoms with Crippen molar-refractivity contribution in [1.82, 2.24) is 20.6 Å². The molecule has 0 unspecified atom stereocenters. The third kappa shape index (κ3) is 5.24. The average molecular weight is 389 g/mol. The van der Waals surface area contributed by atoms with E-state index in [0.717, 1.165) is 35.3 Å². The van der Waals surface area contributed by atoms with Crippen molar-refractivity contribution in [2.24, 2.45) is 0 Å². The smallest absolute Gasteiger partial charge is 0.261 e. The second kappa shape index (κ2) is 10.5. The van der Waals surface area contributed by atoms with Gasteiger partial charge in [-0.25, -0.2) is 4.98 Å². The van der Waals surface area contributed by atoms with Gasteiger partial charge in [0.05, 0.1) is 17.4 Å². The molecule has 0 bridgehead atoms. The monoisotopic (exact) mass is 388 g/mol. The van der Waals surface area contributed by atoms with Gasteiger partial charge in [-0.3, -0.25) is 4.79 Å². The number of amides is 1. The lowest BCUT2D eigenvalue weighted by atomic mass is 10.2. The van der Waals surface area contributed by atoms with E-state index in [1.165, 1.54) is 11.3 Å². The van der Waals surface area contributed by atoms with Crippen LogP contribution in [0.4, 0.5) is 0 Å². The fourth-order valence-electron chi connectivity index (χ4n) is 2.35. The summed E-state index contributed by atoms with van der Waals surface area (Å²) in [6.07, 6.45) is 1.08. The van der Waals surface area contributed by atoms with E-state index in [1.54, 1.807) is 14.2 Å². The molecule has 0 saturated heterocycles. The summed E-state index contributed by atoms with van der Waals surface area (Å²) in [7, 11) is 3.15. The van der Waals surface area contributed by atoms with Gasteiger partial charge in [-0.05, 0) is 25.5 Å². The normalized spacial score (nSPS) is 10.6. The van der Waals surface area contributed by atoms with Crippen LogP contribution in [0.2, 0.25) is 0 Å². The van der Waals surface area contributed by atoms with Crippen LogP contribution in [0.5, 0.6) is 5.88 Å². The third-order valence-corrected chi connectivity index (χ3v) is 4.67. The number of hydrogen-bond donors (Lipinski definition) is 2. The molecule has 0 aliphatic carbocycles. The molecule has 2 heterocycles. The lowest BCUT2D eigenvalue weighted by Crippen LogP contribution is -2.31. The number of carbonyl (C=O) groups excluding carboxylic acids is 1. The SMILES string of the molecule is CCCNCCNC(=O)c1sc2nc(COC)nc(OC)c2c1C.Cl. The Morgan fingerprint density at radius 1 is 1.20 bits per heavy atom. The highest BCUT2D eigenvalue weighted by molar-refractivity contribution is 7.20. The Kier molecular flexibility index (Phi) is 9.05. The van der Waals surface area contributed by atoms with Gasteiger partial charge in [-0.2, -0.15) is 4.98 Å². The van der Waals surface area contributed by atoms with Crippen molar-refractivity contribution < 1.29 is 14.3 Å². The summed E-state index contributed by atoms with van der Waals surface area (Å²) in [4.78, 5) is 22.6. The average Bonchev–Trinajstić information content (AvgIpc) is 2.91. The highest BCUT2D eigenvalue weighted by Crippen LogP contribution is 2.34. The first-order valence-corrected chi connectivity index (χ1v) is 8.75. The van der Waals surface area contributed by atoms with E-state index in [4.69, 9.17) is 9.47 Å². The summed E-state index contributed by atoms with van der Waals surface area (Å²) in [5.74, 6) is 0.924. The lowest BCUT2D eigenvalue weighted by Gasteiger charge is -2.06. The Morgan fingerprint density at radius 3 is 2.60 bits per heavy atom. The maximum atomic E-state index is 12.4. The summed E-state index contributed by atoms with van der Waals surface area (Å²) >= 11 is 1.35. The quantitative estimate of drug-likeness (QED) is 0.641. The Hall–Kier alpha value is -1.48. The Balaban J connectivity index is 0.00000312. The number of halogens is 1. The fourth-order valence-corrected chi connectivity index (χ4v) is 3.46. The summed E-state index contributed by atoms with van der Waals surface area (Å²) in [5.41, 5.74) is 0.842. The molecule has 2 aromatic rings. The molecular formula is C16H25ClN4O3S. The third-order valence-electron chi connectivity index (χ3n) is 3.49. The summed E-state index contributed by atoms with van der Waals surface area (Å²) in [6, 6.07) is 0. The fraction of sp³-hybridized carbons (Fsp3) is 0.562. The number of hydrogen-bond acceptors (Lipinski definition) is 7. The minimum Gasteiger partial charge on any atom is -0.480 e. The molecule has 9 heteroatoms. The summed E-state index contributed by atoms with van der Waals surface area (Å²) < 4.78 is 10.5. The Labute approximate surface area is 157 Å². The van der Waals surface area contributed by atoms with Crippen molar-refractivity contribution in [3.63, 3.8) is 0 Å². The minimum absolute atomic E-state index is 0. The van der Waals surface area contributed by atoms with Gasteiger partial charge in [0.25, 0.3) is 5.91 Å². The van der Waals surface area contributed by atoms with Gasteiger partial charge in [-0.15, -0.1) is 23.7 Å². The number of aryl methyl sites for hydroxylation is 1. The molecule has 25 heavy (non-hydrogen) atoms. The van der Waals surface area contributed by atoms with Crippen molar-refractivity contribution in [2.45, 2.75) is 26.9 Å². The molecule has 0 aromatic carbocycles. The number of carbonyl (C=O) groups is 1. The van der Waals surface area contributed by atoms with E-state index in [-0.39, 0.29) is 18.3 Å². The number of rotatable bonds is 9. The van der Waals surface area contributed by atoms with Crippen LogP contribution in [0.3, 0.4) is 0 Å². The first-order chi connectivity index (χ1) is 11.6. The number of ether oxygens (including phenoxy) is 2. The molecule has 1 amide bonds. The highest BCUT2D eigenvalue weighted by atomic mass is 35.5. The van der Waals surface area contributed by atoms with Crippen LogP contribution in [0.1, 0.15) is 34.4 Å². The number of fused-ring (bicyclic) bond motifs is 1. The van der Waals surface area contributed by atoms with Gasteiger partial charge in [0.2, 0.25) is 5.88 Å². The number of aromatic nitrogens is 2. The van der Waals surface area contributed by atoms with Gasteiger partial charge in [0, 0.05) is 20.2 Å². The molecule has 0 atom stereocenters. The molecule has 0 radical (unpaired) electrons. The van der Waals surface area contributed by atoms with E-state index in [2.05, 4.69) is 27.5 Å². The molecule has 2 aromatic heterocycles. The van der Waals surface area contributed by atoms with E-state index in [1.807, 2.05) is 6.92 Å². The minimum atomic E-state index is -0.0934. The molecule has 0 aliphatic rings. The van der Waals surface area contributed by atoms with E-state index >= 15 is 0 Å². The predicted octanol–water partition coefficient (Wildman–Crippen LogP) is 2.31. The van der Waals surface area contributed by atoms with Crippen molar-refractivity contribution in [1.29, 1.82) is 0 Å². The molecule has 0 saturated carbocycles. The zero-order chi connectivity index (χ0) is 17.5. The van der Waals surface area contributed by atoms with Gasteiger partial charge < -0.3 is 20.1 Å². The first-order valence-electron chi connectivity index (χ1n) is 7.94. The number of thiophene rings is 1. The van der Waals surface area contributed by atoms with Crippen molar-refractivity contribution in [2.75, 3.05) is 33.9 Å². The molecule has 2 N–H and O–H groups in total. The second-order valence-corrected chi connectivity index (χ2v) is 6.32. The standard InChI is InChI=1S/C16H24N4O3S.ClH/c1-5-6-17-7-8-18-14(21)13-10(2)12-15(23-4)19-11(9-22-3)20-16(12)24-13;/h17H,5-9H2,1-4H3,(H,18,21);1H. The van der Waals surface area contributed by atoms with Crippen LogP contribution in [0.15, 0.2) is 0 Å². The first kappa shape index (κ1) is 21.6. The molecule has 0 spiro atoms. The lowest BCUT2D eigenvalue weighted by molar-refractivity contribution is 0.0957. The predicted molar refractivity (Wildman–Crippen MR) is 102 cm³/mol. The number of nitrogens with zero attached hydrogens (tertiary/aromatic N) is 2. The van der Waals surface area contributed by atoms with Crippen molar-refractivity contribution >= 4 is 39.9 Å². The van der Waals surface area contributed by atoms with E-state index in [0.29, 0.717) is 29.7 Å². The van der Waals surface area contributed by atoms with Gasteiger partial charge in [0.15, 0.2) is 5.82 Å². The Bertz CT molecular complexity index is 708. The maximum absolute atomic E-state index is 12.4. The van der Waals surface area contributed by atoms with E-state index < -0.39 is 0 Å². The highest BCUT2D eigenvalue weighted by Gasteiger charge is 2.20. The number of methoxy groups -OCH3 is 2. The van der Waals surface area contributed by atoms with Crippen molar-refractivity contribution in [3.8, 4) is 5.88 Å². The zero-order valence-corrected chi connectivity index (χ0v) is 16.6. The molecule has 0 aliphatic heterocycles. The van der Waals surface area contributed by atoms with Crippen LogP contribution < -0.4 is 15.4 Å². The summed E-state index contributed by atoms with van der Waals surface area (Å²) in [6.45, 7) is 6.60. The van der Waals surface area contributed by atoms with Gasteiger partial charge >= 0.3 is 0 Å². The van der Waals surface area contributed by atoms with E-state index in [9.17, 15) is 4.79 Å². The molecular weight excluding hydrogens is 364 g/mol. The van der Waals surface area contributed by atoms with Gasteiger partial charge in [0.1, 0.15) is 11.4 Å². The Morgan fingerprint density at radius 2 is 1.96 bits per heavy atom. The van der Waals surface area contributed by atoms with Crippen LogP contribution >= 0.6 is 23.7 Å². The summed E-state index contributed by atoms with van der Waals surface area (Å²) in [5, 5.41) is 6.98. The van der Waals surface area contributed by atoms with Crippen molar-refractivity contribution in [3.05, 3.63) is 16.3 Å². The maximum Gasteiger partial charge on any atom is 0.261 e. The number of nitrogens with one attached hydrogen (secondary N) is 2. The van der Waals surface area contributed by atoms with Crippen LogP contribution in [0.25, 0.3) is 10.2 Å². The van der Waals surface area contributed by atoms with Gasteiger partial charge in [-0.1, -0.05) is 6.92 Å². The molecule has 140 valence electrons. The zero-order valence-electron chi connectivity index (χ0n) is 15.0. The van der Waals surface area contributed by atoms with Crippen LogP contribution in [0, 0.1) is 6.92 Å². The molecule has 0 fully saturated rings.